The second-order valence-corrected chi connectivity index (χ2v) is 7.78. The molecule has 3 N–H and O–H groups in total. The van der Waals surface area contributed by atoms with Gasteiger partial charge in [-0.15, -0.1) is 0 Å². The Kier molecular flexibility index (Phi) is 5.09. The van der Waals surface area contributed by atoms with Gasteiger partial charge in [0.1, 0.15) is 29.3 Å². The second kappa shape index (κ2) is 8.20. The Balaban J connectivity index is 1.38. The summed E-state index contributed by atoms with van der Waals surface area (Å²) >= 11 is 0. The first kappa shape index (κ1) is 19.3. The quantitative estimate of drug-likeness (QED) is 0.393. The third kappa shape index (κ3) is 3.87. The molecular formula is C24H22N4O3. The molecule has 1 aliphatic rings. The number of para-hydroxylation sites is 1. The van der Waals surface area contributed by atoms with Gasteiger partial charge in [0.15, 0.2) is 5.78 Å². The van der Waals surface area contributed by atoms with E-state index in [0.717, 1.165) is 18.6 Å². The van der Waals surface area contributed by atoms with E-state index >= 15 is 0 Å². The van der Waals surface area contributed by atoms with Crippen molar-refractivity contribution in [1.29, 1.82) is 0 Å². The van der Waals surface area contributed by atoms with Gasteiger partial charge in [-0.1, -0.05) is 18.2 Å². The van der Waals surface area contributed by atoms with Gasteiger partial charge < -0.3 is 20.1 Å². The summed E-state index contributed by atoms with van der Waals surface area (Å²) in [5, 5.41) is 13.3. The lowest BCUT2D eigenvalue weighted by Gasteiger charge is -2.35. The van der Waals surface area contributed by atoms with Gasteiger partial charge in [-0.05, 0) is 55.2 Å². The maximum absolute atomic E-state index is 13.2. The topological polar surface area (TPSA) is 100 Å². The molecule has 2 aromatic heterocycles. The molecule has 0 spiro atoms. The molecule has 0 atom stereocenters. The third-order valence-electron chi connectivity index (χ3n) is 5.64. The van der Waals surface area contributed by atoms with Gasteiger partial charge in [0.25, 0.3) is 0 Å². The number of nitrogens with zero attached hydrogens (tertiary/aromatic N) is 2. The van der Waals surface area contributed by atoms with Crippen molar-refractivity contribution in [2.24, 2.45) is 5.92 Å². The summed E-state index contributed by atoms with van der Waals surface area (Å²) in [5.74, 6) is 2.26. The van der Waals surface area contributed by atoms with Gasteiger partial charge in [-0.3, -0.25) is 4.79 Å². The normalized spacial score (nSPS) is 17.8. The zero-order valence-corrected chi connectivity index (χ0v) is 16.8. The van der Waals surface area contributed by atoms with Crippen LogP contribution in [0.2, 0.25) is 0 Å². The standard InChI is InChI=1S/C24H22N4O3/c29-13-15-10-17(11-15)28-24-21-20(12-25-23(21)26-14-27-24)22(30)16-6-8-19(9-7-16)31-18-4-2-1-3-5-18/h1-9,12,14-15,17,29H,10-11,13H2,(H2,25,26,27,28). The van der Waals surface area contributed by atoms with E-state index in [1.54, 1.807) is 30.5 Å². The number of hydrogen-bond donors (Lipinski definition) is 3. The highest BCUT2D eigenvalue weighted by Crippen LogP contribution is 2.32. The van der Waals surface area contributed by atoms with E-state index in [4.69, 9.17) is 4.74 Å². The first-order valence-electron chi connectivity index (χ1n) is 10.3. The van der Waals surface area contributed by atoms with Crippen LogP contribution in [0.25, 0.3) is 11.0 Å². The fraction of sp³-hybridized carbons (Fsp3) is 0.208. The first-order valence-corrected chi connectivity index (χ1v) is 10.3. The summed E-state index contributed by atoms with van der Waals surface area (Å²) in [7, 11) is 0. The number of aromatic nitrogens is 3. The Morgan fingerprint density at radius 2 is 1.81 bits per heavy atom. The molecule has 0 bridgehead atoms. The Morgan fingerprint density at radius 3 is 2.55 bits per heavy atom. The van der Waals surface area contributed by atoms with Gasteiger partial charge in [0.05, 0.1) is 10.9 Å². The van der Waals surface area contributed by atoms with E-state index in [0.29, 0.717) is 39.6 Å². The van der Waals surface area contributed by atoms with Crippen molar-refractivity contribution in [3.63, 3.8) is 0 Å². The van der Waals surface area contributed by atoms with E-state index in [1.165, 1.54) is 6.33 Å². The number of ether oxygens (including phenoxy) is 1. The fourth-order valence-corrected chi connectivity index (χ4v) is 3.90. The van der Waals surface area contributed by atoms with Crippen molar-refractivity contribution in [3.8, 4) is 11.5 Å². The molecular weight excluding hydrogens is 392 g/mol. The van der Waals surface area contributed by atoms with Crippen LogP contribution in [0.1, 0.15) is 28.8 Å². The highest BCUT2D eigenvalue weighted by atomic mass is 16.5. The monoisotopic (exact) mass is 414 g/mol. The zero-order chi connectivity index (χ0) is 21.2. The smallest absolute Gasteiger partial charge is 0.195 e. The van der Waals surface area contributed by atoms with Crippen molar-refractivity contribution in [3.05, 3.63) is 78.2 Å². The Bertz CT molecular complexity index is 1200. The average Bonchev–Trinajstić information content (AvgIpc) is 3.22. The number of anilines is 1. The second-order valence-electron chi connectivity index (χ2n) is 7.78. The molecule has 7 heteroatoms. The summed E-state index contributed by atoms with van der Waals surface area (Å²) in [6.07, 6.45) is 4.93. The number of hydrogen-bond acceptors (Lipinski definition) is 6. The van der Waals surface area contributed by atoms with Gasteiger partial charge in [-0.25, -0.2) is 9.97 Å². The molecule has 1 aliphatic carbocycles. The molecule has 2 aromatic carbocycles. The lowest BCUT2D eigenvalue weighted by atomic mass is 9.81. The molecule has 0 aliphatic heterocycles. The molecule has 7 nitrogen and oxygen atoms in total. The molecule has 0 saturated heterocycles. The number of H-pyrrole nitrogens is 1. The van der Waals surface area contributed by atoms with Crippen LogP contribution in [0.15, 0.2) is 67.1 Å². The van der Waals surface area contributed by atoms with E-state index in [-0.39, 0.29) is 18.4 Å². The molecule has 0 unspecified atom stereocenters. The van der Waals surface area contributed by atoms with Crippen LogP contribution >= 0.6 is 0 Å². The summed E-state index contributed by atoms with van der Waals surface area (Å²) in [6, 6.07) is 16.8. The van der Waals surface area contributed by atoms with Crippen molar-refractivity contribution < 1.29 is 14.6 Å². The van der Waals surface area contributed by atoms with Crippen LogP contribution in [0.5, 0.6) is 11.5 Å². The highest BCUT2D eigenvalue weighted by molar-refractivity contribution is 6.18. The van der Waals surface area contributed by atoms with Crippen molar-refractivity contribution in [1.82, 2.24) is 15.0 Å². The summed E-state index contributed by atoms with van der Waals surface area (Å²) in [4.78, 5) is 24.9. The van der Waals surface area contributed by atoms with Crippen molar-refractivity contribution in [2.45, 2.75) is 18.9 Å². The van der Waals surface area contributed by atoms with E-state index in [1.807, 2.05) is 30.3 Å². The maximum atomic E-state index is 13.2. The number of fused-ring (bicyclic) bond motifs is 1. The lowest BCUT2D eigenvalue weighted by molar-refractivity contribution is 0.104. The molecule has 31 heavy (non-hydrogen) atoms. The van der Waals surface area contributed by atoms with Crippen LogP contribution in [0, 0.1) is 5.92 Å². The molecule has 2 heterocycles. The number of rotatable bonds is 7. The molecule has 1 saturated carbocycles. The van der Waals surface area contributed by atoms with Crippen LogP contribution in [0.3, 0.4) is 0 Å². The fourth-order valence-electron chi connectivity index (χ4n) is 3.90. The average molecular weight is 414 g/mol. The SMILES string of the molecule is O=C(c1ccc(Oc2ccccc2)cc1)c1c[nH]c2ncnc(NC3CC(CO)C3)c12. The van der Waals surface area contributed by atoms with Crippen molar-refractivity contribution >= 4 is 22.6 Å². The number of carbonyl (C=O) groups excluding carboxylic acids is 1. The Hall–Kier alpha value is -3.71. The molecule has 1 fully saturated rings. The van der Waals surface area contributed by atoms with Crippen LogP contribution in [-0.4, -0.2) is 38.5 Å². The molecule has 156 valence electrons. The Morgan fingerprint density at radius 1 is 1.06 bits per heavy atom. The molecule has 0 radical (unpaired) electrons. The van der Waals surface area contributed by atoms with Crippen LogP contribution in [-0.2, 0) is 0 Å². The van der Waals surface area contributed by atoms with Gasteiger partial charge in [0, 0.05) is 24.4 Å². The lowest BCUT2D eigenvalue weighted by Crippen LogP contribution is -2.37. The number of aromatic amines is 1. The maximum Gasteiger partial charge on any atom is 0.195 e. The first-order chi connectivity index (χ1) is 15.2. The number of carbonyl (C=O) groups is 1. The minimum atomic E-state index is -0.114. The summed E-state index contributed by atoms with van der Waals surface area (Å²) in [6.45, 7) is 0.204. The van der Waals surface area contributed by atoms with Gasteiger partial charge >= 0.3 is 0 Å². The minimum Gasteiger partial charge on any atom is -0.457 e. The largest absolute Gasteiger partial charge is 0.457 e. The summed E-state index contributed by atoms with van der Waals surface area (Å²) in [5.41, 5.74) is 1.69. The highest BCUT2D eigenvalue weighted by Gasteiger charge is 2.29. The molecule has 4 aromatic rings. The Labute approximate surface area is 179 Å². The van der Waals surface area contributed by atoms with Crippen LogP contribution < -0.4 is 10.1 Å². The summed E-state index contributed by atoms with van der Waals surface area (Å²) < 4.78 is 5.81. The minimum absolute atomic E-state index is 0.114. The van der Waals surface area contributed by atoms with E-state index < -0.39 is 0 Å². The van der Waals surface area contributed by atoms with Crippen LogP contribution in [0.4, 0.5) is 5.82 Å². The number of ketones is 1. The van der Waals surface area contributed by atoms with Gasteiger partial charge in [0.2, 0.25) is 0 Å². The number of aliphatic hydroxyl groups is 1. The predicted molar refractivity (Wildman–Crippen MR) is 117 cm³/mol. The van der Waals surface area contributed by atoms with E-state index in [9.17, 15) is 9.90 Å². The zero-order valence-electron chi connectivity index (χ0n) is 16.8. The van der Waals surface area contributed by atoms with Gasteiger partial charge in [-0.2, -0.15) is 0 Å². The van der Waals surface area contributed by atoms with E-state index in [2.05, 4.69) is 20.3 Å². The third-order valence-corrected chi connectivity index (χ3v) is 5.64. The number of nitrogens with one attached hydrogen (secondary N) is 2. The number of benzene rings is 2. The van der Waals surface area contributed by atoms with Crippen molar-refractivity contribution in [2.75, 3.05) is 11.9 Å². The predicted octanol–water partition coefficient (Wildman–Crippen LogP) is 4.16. The molecule has 0 amide bonds. The molecule has 5 rings (SSSR count). The number of aliphatic hydroxyl groups excluding tert-OH is 1.